The van der Waals surface area contributed by atoms with E-state index in [0.717, 1.165) is 6.42 Å². The molecule has 0 radical (unpaired) electrons. The maximum atomic E-state index is 11.7. The van der Waals surface area contributed by atoms with Crippen LogP contribution in [0.4, 0.5) is 0 Å². The minimum Gasteiger partial charge on any atom is -0.446 e. The van der Waals surface area contributed by atoms with Gasteiger partial charge in [0, 0.05) is 6.42 Å². The summed E-state index contributed by atoms with van der Waals surface area (Å²) in [6.07, 6.45) is 1.22. The highest BCUT2D eigenvalue weighted by atomic mass is 79.9. The van der Waals surface area contributed by atoms with E-state index in [9.17, 15) is 4.79 Å². The number of hydrogen-bond donors (Lipinski definition) is 0. The van der Waals surface area contributed by atoms with Crippen molar-refractivity contribution in [3.8, 4) is 0 Å². The summed E-state index contributed by atoms with van der Waals surface area (Å²) in [4.78, 5) is 11.7. The highest BCUT2D eigenvalue weighted by Gasteiger charge is 2.10. The molecule has 0 unspecified atom stereocenters. The van der Waals surface area contributed by atoms with Crippen molar-refractivity contribution in [2.75, 3.05) is 0 Å². The van der Waals surface area contributed by atoms with E-state index >= 15 is 0 Å². The Bertz CT molecular complexity index is 474. The molecule has 1 aromatic heterocycles. The molecule has 0 amide bonds. The summed E-state index contributed by atoms with van der Waals surface area (Å²) in [5.74, 6) is 0.456. The zero-order valence-corrected chi connectivity index (χ0v) is 10.2. The van der Waals surface area contributed by atoms with E-state index in [4.69, 9.17) is 4.42 Å². The molecule has 82 valence electrons. The van der Waals surface area contributed by atoms with Crippen LogP contribution in [-0.4, -0.2) is 5.78 Å². The van der Waals surface area contributed by atoms with Crippen LogP contribution in [0.3, 0.4) is 0 Å². The second-order valence-corrected chi connectivity index (χ2v) is 4.29. The average Bonchev–Trinajstić information content (AvgIpc) is 2.74. The second kappa shape index (κ2) is 5.12. The maximum absolute atomic E-state index is 11.7. The van der Waals surface area contributed by atoms with E-state index in [2.05, 4.69) is 15.9 Å². The summed E-state index contributed by atoms with van der Waals surface area (Å²) in [5.41, 5.74) is 1.17. The molecular formula is C13H11BrO2. The fraction of sp³-hybridized carbons (Fsp3) is 0.154. The summed E-state index contributed by atoms with van der Waals surface area (Å²) >= 11 is 3.18. The molecule has 0 N–H and O–H groups in total. The maximum Gasteiger partial charge on any atom is 0.198 e. The molecule has 0 atom stereocenters. The Morgan fingerprint density at radius 3 is 2.50 bits per heavy atom. The molecule has 1 aromatic carbocycles. The van der Waals surface area contributed by atoms with Crippen LogP contribution in [0.1, 0.15) is 22.5 Å². The van der Waals surface area contributed by atoms with Gasteiger partial charge in [-0.3, -0.25) is 4.79 Å². The Labute approximate surface area is 102 Å². The van der Waals surface area contributed by atoms with Crippen molar-refractivity contribution in [3.05, 3.63) is 58.5 Å². The number of benzene rings is 1. The minimum absolute atomic E-state index is 0.0366. The predicted octanol–water partition coefficient (Wildman–Crippen LogP) is 3.86. The van der Waals surface area contributed by atoms with E-state index in [1.807, 2.05) is 30.3 Å². The molecule has 0 fully saturated rings. The lowest BCUT2D eigenvalue weighted by Gasteiger charge is -1.98. The van der Waals surface area contributed by atoms with Crippen LogP contribution >= 0.6 is 15.9 Å². The number of carbonyl (C=O) groups excluding carboxylic acids is 1. The van der Waals surface area contributed by atoms with Crippen molar-refractivity contribution in [2.45, 2.75) is 12.8 Å². The third-order valence-electron chi connectivity index (χ3n) is 2.33. The lowest BCUT2D eigenvalue weighted by atomic mass is 10.1. The lowest BCUT2D eigenvalue weighted by Crippen LogP contribution is -1.99. The zero-order chi connectivity index (χ0) is 11.4. The Morgan fingerprint density at radius 1 is 1.12 bits per heavy atom. The van der Waals surface area contributed by atoms with Gasteiger partial charge in [0.2, 0.25) is 0 Å². The van der Waals surface area contributed by atoms with Crippen molar-refractivity contribution < 1.29 is 9.21 Å². The normalized spacial score (nSPS) is 10.3. The van der Waals surface area contributed by atoms with Crippen molar-refractivity contribution in [2.24, 2.45) is 0 Å². The van der Waals surface area contributed by atoms with Crippen LogP contribution in [0.25, 0.3) is 0 Å². The molecule has 2 rings (SSSR count). The Kier molecular flexibility index (Phi) is 3.57. The van der Waals surface area contributed by atoms with Gasteiger partial charge in [0.05, 0.1) is 0 Å². The first-order chi connectivity index (χ1) is 7.75. The van der Waals surface area contributed by atoms with Crippen LogP contribution in [0.5, 0.6) is 0 Å². The van der Waals surface area contributed by atoms with Crippen molar-refractivity contribution in [3.63, 3.8) is 0 Å². The standard InChI is InChI=1S/C13H11BrO2/c14-13-9-8-12(16-13)11(15)7-6-10-4-2-1-3-5-10/h1-5,8-9H,6-7H2. The SMILES string of the molecule is O=C(CCc1ccccc1)c1ccc(Br)o1. The van der Waals surface area contributed by atoms with Gasteiger partial charge in [0.15, 0.2) is 16.2 Å². The highest BCUT2D eigenvalue weighted by Crippen LogP contribution is 2.16. The molecule has 16 heavy (non-hydrogen) atoms. The minimum atomic E-state index is 0.0366. The van der Waals surface area contributed by atoms with Crippen LogP contribution in [0.2, 0.25) is 0 Å². The molecule has 0 spiro atoms. The number of aryl methyl sites for hydroxylation is 1. The molecule has 0 aliphatic rings. The number of Topliss-reactive ketones (excluding diaryl/α,β-unsaturated/α-hetero) is 1. The molecule has 0 saturated heterocycles. The molecule has 2 nitrogen and oxygen atoms in total. The predicted molar refractivity (Wildman–Crippen MR) is 65.5 cm³/mol. The molecule has 0 bridgehead atoms. The summed E-state index contributed by atoms with van der Waals surface area (Å²) < 4.78 is 5.79. The molecule has 0 saturated carbocycles. The third-order valence-corrected chi connectivity index (χ3v) is 2.76. The quantitative estimate of drug-likeness (QED) is 0.795. The van der Waals surface area contributed by atoms with Crippen LogP contribution in [0, 0.1) is 0 Å². The first-order valence-corrected chi connectivity index (χ1v) is 5.87. The topological polar surface area (TPSA) is 30.2 Å². The summed E-state index contributed by atoms with van der Waals surface area (Å²) in [6, 6.07) is 13.4. The van der Waals surface area contributed by atoms with Gasteiger partial charge in [-0.25, -0.2) is 0 Å². The van der Waals surface area contributed by atoms with Gasteiger partial charge in [-0.1, -0.05) is 30.3 Å². The van der Waals surface area contributed by atoms with Crippen LogP contribution in [0.15, 0.2) is 51.6 Å². The van der Waals surface area contributed by atoms with Gasteiger partial charge in [-0.15, -0.1) is 0 Å². The summed E-state index contributed by atoms with van der Waals surface area (Å²) in [7, 11) is 0. The van der Waals surface area contributed by atoms with Crippen molar-refractivity contribution in [1.29, 1.82) is 0 Å². The third kappa shape index (κ3) is 2.83. The van der Waals surface area contributed by atoms with E-state index in [1.54, 1.807) is 12.1 Å². The number of furan rings is 1. The molecule has 0 aliphatic heterocycles. The fourth-order valence-electron chi connectivity index (χ4n) is 1.49. The molecule has 3 heteroatoms. The zero-order valence-electron chi connectivity index (χ0n) is 8.65. The van der Waals surface area contributed by atoms with Gasteiger partial charge >= 0.3 is 0 Å². The second-order valence-electron chi connectivity index (χ2n) is 3.51. The smallest absolute Gasteiger partial charge is 0.198 e. The monoisotopic (exact) mass is 278 g/mol. The number of halogens is 1. The Balaban J connectivity index is 1.94. The van der Waals surface area contributed by atoms with E-state index < -0.39 is 0 Å². The average molecular weight is 279 g/mol. The molecular weight excluding hydrogens is 268 g/mol. The Hall–Kier alpha value is -1.35. The van der Waals surface area contributed by atoms with E-state index in [0.29, 0.717) is 16.9 Å². The molecule has 2 aromatic rings. The highest BCUT2D eigenvalue weighted by molar-refractivity contribution is 9.10. The van der Waals surface area contributed by atoms with Gasteiger partial charge in [-0.2, -0.15) is 0 Å². The number of carbonyl (C=O) groups is 1. The first-order valence-electron chi connectivity index (χ1n) is 5.08. The van der Waals surface area contributed by atoms with Gasteiger partial charge in [0.25, 0.3) is 0 Å². The lowest BCUT2D eigenvalue weighted by molar-refractivity contribution is 0.0955. The Morgan fingerprint density at radius 2 is 1.88 bits per heavy atom. The van der Waals surface area contributed by atoms with Gasteiger partial charge < -0.3 is 4.42 Å². The van der Waals surface area contributed by atoms with Crippen LogP contribution in [-0.2, 0) is 6.42 Å². The summed E-state index contributed by atoms with van der Waals surface area (Å²) in [5, 5.41) is 0. The summed E-state index contributed by atoms with van der Waals surface area (Å²) in [6.45, 7) is 0. The van der Waals surface area contributed by atoms with E-state index in [-0.39, 0.29) is 5.78 Å². The fourth-order valence-corrected chi connectivity index (χ4v) is 1.80. The molecule has 1 heterocycles. The van der Waals surface area contributed by atoms with Gasteiger partial charge in [-0.05, 0) is 40.0 Å². The largest absolute Gasteiger partial charge is 0.446 e. The first kappa shape index (κ1) is 11.1. The van der Waals surface area contributed by atoms with Crippen molar-refractivity contribution in [1.82, 2.24) is 0 Å². The van der Waals surface area contributed by atoms with Crippen molar-refractivity contribution >= 4 is 21.7 Å². The van der Waals surface area contributed by atoms with Gasteiger partial charge in [0.1, 0.15) is 0 Å². The van der Waals surface area contributed by atoms with Crippen LogP contribution < -0.4 is 0 Å². The van der Waals surface area contributed by atoms with E-state index in [1.165, 1.54) is 5.56 Å². The molecule has 0 aliphatic carbocycles. The number of ketones is 1. The number of rotatable bonds is 4. The number of hydrogen-bond acceptors (Lipinski definition) is 2.